The zero-order chi connectivity index (χ0) is 21.7. The van der Waals surface area contributed by atoms with Gasteiger partial charge in [-0.15, -0.1) is 0 Å². The Balaban J connectivity index is 1.90. The van der Waals surface area contributed by atoms with E-state index in [1.807, 2.05) is 13.8 Å². The molecular weight excluding hydrogens is 413 g/mol. The van der Waals surface area contributed by atoms with Crippen LogP contribution in [0.15, 0.2) is 59.2 Å². The second kappa shape index (κ2) is 9.38. The van der Waals surface area contributed by atoms with Gasteiger partial charge in [0, 0.05) is 5.75 Å². The monoisotopic (exact) mass is 434 g/mol. The number of hydrogen-bond donors (Lipinski definition) is 0. The van der Waals surface area contributed by atoms with Gasteiger partial charge in [-0.3, -0.25) is 9.69 Å². The van der Waals surface area contributed by atoms with Crippen LogP contribution in [-0.2, 0) is 11.0 Å². The van der Waals surface area contributed by atoms with Crippen LogP contribution in [0.25, 0.3) is 6.08 Å². The van der Waals surface area contributed by atoms with Gasteiger partial charge in [0.1, 0.15) is 11.4 Å². The van der Waals surface area contributed by atoms with Gasteiger partial charge >= 0.3 is 6.18 Å². The lowest BCUT2D eigenvalue weighted by atomic mass is 10.1. The molecule has 0 fully saturated rings. The Hall–Kier alpha value is -2.74. The van der Waals surface area contributed by atoms with Crippen LogP contribution in [0, 0.1) is 0 Å². The molecule has 0 unspecified atom stereocenters. The van der Waals surface area contributed by atoms with Crippen LogP contribution < -0.4 is 9.64 Å². The minimum atomic E-state index is -4.40. The van der Waals surface area contributed by atoms with E-state index in [9.17, 15) is 18.0 Å². The summed E-state index contributed by atoms with van der Waals surface area (Å²) in [5.74, 6) is 1.17. The Labute approximate surface area is 177 Å². The van der Waals surface area contributed by atoms with E-state index in [0.717, 1.165) is 24.3 Å². The molecule has 1 aliphatic rings. The van der Waals surface area contributed by atoms with Crippen LogP contribution in [0.1, 0.15) is 31.4 Å². The van der Waals surface area contributed by atoms with Gasteiger partial charge < -0.3 is 4.74 Å². The van der Waals surface area contributed by atoms with Crippen molar-refractivity contribution in [3.63, 3.8) is 0 Å². The topological polar surface area (TPSA) is 41.9 Å². The molecule has 158 valence electrons. The molecular formula is C22H21F3N2O2S. The van der Waals surface area contributed by atoms with E-state index >= 15 is 0 Å². The first-order valence-corrected chi connectivity index (χ1v) is 10.5. The number of anilines is 1. The van der Waals surface area contributed by atoms with Crippen molar-refractivity contribution < 1.29 is 22.7 Å². The molecule has 0 saturated carbocycles. The predicted molar refractivity (Wildman–Crippen MR) is 115 cm³/mol. The first-order chi connectivity index (χ1) is 14.3. The molecule has 2 aromatic rings. The summed E-state index contributed by atoms with van der Waals surface area (Å²) in [6, 6.07) is 11.8. The van der Waals surface area contributed by atoms with E-state index in [-0.39, 0.29) is 11.6 Å². The van der Waals surface area contributed by atoms with Crippen molar-refractivity contribution in [2.45, 2.75) is 26.4 Å². The second-order valence-electron chi connectivity index (χ2n) is 6.46. The van der Waals surface area contributed by atoms with Crippen LogP contribution in [0.5, 0.6) is 5.75 Å². The Morgan fingerprint density at radius 1 is 1.07 bits per heavy atom. The molecule has 0 aromatic heterocycles. The number of alkyl halides is 3. The maximum atomic E-state index is 13.0. The molecule has 0 saturated heterocycles. The maximum Gasteiger partial charge on any atom is 0.416 e. The number of ether oxygens (including phenoxy) is 1. The number of hydrogen-bond acceptors (Lipinski definition) is 4. The van der Waals surface area contributed by atoms with Crippen molar-refractivity contribution in [1.29, 1.82) is 0 Å². The second-order valence-corrected chi connectivity index (χ2v) is 7.52. The molecule has 30 heavy (non-hydrogen) atoms. The number of halogens is 3. The molecule has 1 amide bonds. The first kappa shape index (κ1) is 22.0. The number of rotatable bonds is 6. The van der Waals surface area contributed by atoms with Gasteiger partial charge in [-0.05, 0) is 61.4 Å². The van der Waals surface area contributed by atoms with Crippen LogP contribution in [-0.4, -0.2) is 23.4 Å². The summed E-state index contributed by atoms with van der Waals surface area (Å²) in [6.07, 6.45) is -1.99. The predicted octanol–water partition coefficient (Wildman–Crippen LogP) is 5.99. The first-order valence-electron chi connectivity index (χ1n) is 9.51. The lowest BCUT2D eigenvalue weighted by Gasteiger charge is -2.18. The standard InChI is InChI=1S/C22H21F3N2O2S/c1-3-13-30-21-26-19(14-15-5-7-16(8-6-15)22(23,24)25)20(28)27(21)17-9-11-18(12-10-17)29-4-2/h5-12,14H,3-4,13H2,1-2H3. The Kier molecular flexibility index (Phi) is 6.87. The zero-order valence-corrected chi connectivity index (χ0v) is 17.4. The summed E-state index contributed by atoms with van der Waals surface area (Å²) < 4.78 is 43.7. The van der Waals surface area contributed by atoms with Crippen molar-refractivity contribution in [3.8, 4) is 5.75 Å². The van der Waals surface area contributed by atoms with Crippen molar-refractivity contribution in [1.82, 2.24) is 0 Å². The number of benzene rings is 2. The highest BCUT2D eigenvalue weighted by Crippen LogP contribution is 2.32. The van der Waals surface area contributed by atoms with E-state index in [0.29, 0.717) is 28.8 Å². The minimum absolute atomic E-state index is 0.183. The van der Waals surface area contributed by atoms with Crippen LogP contribution in [0.3, 0.4) is 0 Å². The number of nitrogens with zero attached hydrogens (tertiary/aromatic N) is 2. The van der Waals surface area contributed by atoms with Gasteiger partial charge in [-0.2, -0.15) is 13.2 Å². The summed E-state index contributed by atoms with van der Waals surface area (Å²) >= 11 is 1.46. The van der Waals surface area contributed by atoms with Crippen LogP contribution in [0.4, 0.5) is 18.9 Å². The lowest BCUT2D eigenvalue weighted by molar-refractivity contribution is -0.137. The molecule has 8 heteroatoms. The molecule has 0 bridgehead atoms. The normalized spacial score (nSPS) is 15.6. The molecule has 0 spiro atoms. The maximum absolute atomic E-state index is 13.0. The van der Waals surface area contributed by atoms with E-state index in [1.54, 1.807) is 24.3 Å². The van der Waals surface area contributed by atoms with E-state index in [4.69, 9.17) is 4.74 Å². The highest BCUT2D eigenvalue weighted by Gasteiger charge is 2.32. The summed E-state index contributed by atoms with van der Waals surface area (Å²) in [5.41, 5.74) is 0.577. The van der Waals surface area contributed by atoms with Gasteiger partial charge in [-0.1, -0.05) is 30.8 Å². The fraction of sp³-hybridized carbons (Fsp3) is 0.273. The van der Waals surface area contributed by atoms with Crippen molar-refractivity contribution >= 4 is 34.6 Å². The summed E-state index contributed by atoms with van der Waals surface area (Å²) in [5, 5.41) is 0.546. The number of carbonyl (C=O) groups excluding carboxylic acids is 1. The fourth-order valence-corrected chi connectivity index (χ4v) is 3.67. The number of carbonyl (C=O) groups is 1. The number of thioether (sulfide) groups is 1. The quantitative estimate of drug-likeness (QED) is 0.525. The smallest absolute Gasteiger partial charge is 0.416 e. The van der Waals surface area contributed by atoms with Crippen LogP contribution in [0.2, 0.25) is 0 Å². The van der Waals surface area contributed by atoms with Crippen molar-refractivity contribution in [2.24, 2.45) is 4.99 Å². The van der Waals surface area contributed by atoms with Crippen molar-refractivity contribution in [3.05, 3.63) is 65.4 Å². The molecule has 4 nitrogen and oxygen atoms in total. The SMILES string of the molecule is CCCSC1=NC(=Cc2ccc(C(F)(F)F)cc2)C(=O)N1c1ccc(OCC)cc1. The molecule has 1 aliphatic heterocycles. The third-order valence-electron chi connectivity index (χ3n) is 4.21. The fourth-order valence-electron chi connectivity index (χ4n) is 2.80. The summed E-state index contributed by atoms with van der Waals surface area (Å²) in [4.78, 5) is 19.0. The van der Waals surface area contributed by atoms with Crippen molar-refractivity contribution in [2.75, 3.05) is 17.3 Å². The molecule has 2 aromatic carbocycles. The lowest BCUT2D eigenvalue weighted by Crippen LogP contribution is -2.30. The average Bonchev–Trinajstić information content (AvgIpc) is 3.02. The molecule has 0 radical (unpaired) electrons. The van der Waals surface area contributed by atoms with Crippen LogP contribution >= 0.6 is 11.8 Å². The molecule has 3 rings (SSSR count). The summed E-state index contributed by atoms with van der Waals surface area (Å²) in [7, 11) is 0. The third kappa shape index (κ3) is 5.05. The van der Waals surface area contributed by atoms with E-state index in [2.05, 4.69) is 4.99 Å². The highest BCUT2D eigenvalue weighted by molar-refractivity contribution is 8.14. The highest BCUT2D eigenvalue weighted by atomic mass is 32.2. The average molecular weight is 434 g/mol. The third-order valence-corrected chi connectivity index (χ3v) is 5.36. The van der Waals surface area contributed by atoms with Gasteiger partial charge in [0.05, 0.1) is 17.9 Å². The van der Waals surface area contributed by atoms with E-state index in [1.165, 1.54) is 34.9 Å². The van der Waals surface area contributed by atoms with Gasteiger partial charge in [0.2, 0.25) is 0 Å². The van der Waals surface area contributed by atoms with Gasteiger partial charge in [0.15, 0.2) is 5.17 Å². The molecule has 0 atom stereocenters. The Bertz CT molecular complexity index is 952. The minimum Gasteiger partial charge on any atom is -0.494 e. The van der Waals surface area contributed by atoms with Gasteiger partial charge in [0.25, 0.3) is 5.91 Å². The Morgan fingerprint density at radius 2 is 1.73 bits per heavy atom. The zero-order valence-electron chi connectivity index (χ0n) is 16.6. The molecule has 0 N–H and O–H groups in total. The number of aliphatic imine (C=N–C) groups is 1. The largest absolute Gasteiger partial charge is 0.494 e. The number of amides is 1. The molecule has 1 heterocycles. The van der Waals surface area contributed by atoms with E-state index < -0.39 is 11.7 Å². The Morgan fingerprint density at radius 3 is 2.30 bits per heavy atom. The molecule has 0 aliphatic carbocycles. The number of amidine groups is 1. The summed E-state index contributed by atoms with van der Waals surface area (Å²) in [6.45, 7) is 4.47. The van der Waals surface area contributed by atoms with Gasteiger partial charge in [-0.25, -0.2) is 4.99 Å².